The van der Waals surface area contributed by atoms with Crippen molar-refractivity contribution < 1.29 is 39.8 Å². The van der Waals surface area contributed by atoms with Gasteiger partial charge in [-0.15, -0.1) is 0 Å². The van der Waals surface area contributed by atoms with E-state index in [2.05, 4.69) is 31.3 Å². The van der Waals surface area contributed by atoms with Gasteiger partial charge in [0, 0.05) is 6.42 Å². The number of hydrogen-bond donors (Lipinski definition) is 6. The lowest BCUT2D eigenvalue weighted by Crippen LogP contribution is -2.60. The van der Waals surface area contributed by atoms with E-state index >= 15 is 0 Å². The third-order valence-corrected chi connectivity index (χ3v) is 7.03. The molecular weight excluding hydrogens is 502 g/mol. The maximum atomic E-state index is 12.5. The highest BCUT2D eigenvalue weighted by atomic mass is 16.7. The third-order valence-electron chi connectivity index (χ3n) is 7.03. The lowest BCUT2D eigenvalue weighted by molar-refractivity contribution is -0.302. The fraction of sp³-hybridized carbons (Fsp3) is 0.833. The van der Waals surface area contributed by atoms with Crippen molar-refractivity contribution in [2.75, 3.05) is 13.2 Å². The van der Waals surface area contributed by atoms with Crippen LogP contribution in [0.5, 0.6) is 0 Å². The number of hydrogen-bond acceptors (Lipinski definition) is 8. The number of ether oxygens (including phenoxy) is 2. The molecule has 1 fully saturated rings. The van der Waals surface area contributed by atoms with Crippen molar-refractivity contribution in [1.29, 1.82) is 0 Å². The average molecular weight is 558 g/mol. The Hall–Kier alpha value is -1.33. The highest BCUT2D eigenvalue weighted by molar-refractivity contribution is 5.76. The van der Waals surface area contributed by atoms with Gasteiger partial charge in [0.25, 0.3) is 0 Å². The number of rotatable bonds is 22. The Bertz CT molecular complexity index is 671. The minimum atomic E-state index is -1.56. The zero-order chi connectivity index (χ0) is 28.9. The van der Waals surface area contributed by atoms with Gasteiger partial charge in [0.1, 0.15) is 24.4 Å². The number of carbonyl (C=O) groups is 1. The van der Waals surface area contributed by atoms with E-state index in [4.69, 9.17) is 9.47 Å². The summed E-state index contributed by atoms with van der Waals surface area (Å²) in [6.45, 7) is 3.55. The Morgan fingerprint density at radius 2 is 1.46 bits per heavy atom. The number of nitrogens with one attached hydrogen (secondary N) is 1. The fourth-order valence-corrected chi connectivity index (χ4v) is 4.46. The van der Waals surface area contributed by atoms with Gasteiger partial charge in [0.15, 0.2) is 6.29 Å². The first kappa shape index (κ1) is 35.7. The summed E-state index contributed by atoms with van der Waals surface area (Å²) < 4.78 is 11.0. The first-order valence-corrected chi connectivity index (χ1v) is 15.1. The summed E-state index contributed by atoms with van der Waals surface area (Å²) in [5, 5.41) is 53.2. The summed E-state index contributed by atoms with van der Waals surface area (Å²) in [5.41, 5.74) is 0. The molecule has 39 heavy (non-hydrogen) atoms. The quantitative estimate of drug-likeness (QED) is 0.0878. The minimum absolute atomic E-state index is 0.201. The Labute approximate surface area is 235 Å². The SMILES string of the molecule is CCCCCCCC/C=C/CC/C=C/C(O)C(COC1OC(CO)C(O)C(O)C1O)NC(=O)CCCCCC. The first-order chi connectivity index (χ1) is 18.8. The number of carbonyl (C=O) groups excluding carboxylic acids is 1. The Balaban J connectivity index is 2.57. The molecule has 0 aromatic carbocycles. The van der Waals surface area contributed by atoms with Crippen LogP contribution in [0.25, 0.3) is 0 Å². The molecule has 0 spiro atoms. The molecule has 1 aliphatic heterocycles. The van der Waals surface area contributed by atoms with Gasteiger partial charge in [-0.25, -0.2) is 0 Å². The molecule has 0 saturated carbocycles. The Morgan fingerprint density at radius 1 is 0.846 bits per heavy atom. The van der Waals surface area contributed by atoms with Crippen LogP contribution in [-0.4, -0.2) is 87.5 Å². The van der Waals surface area contributed by atoms with Gasteiger partial charge < -0.3 is 40.3 Å². The average Bonchev–Trinajstić information content (AvgIpc) is 2.93. The Morgan fingerprint density at radius 3 is 2.15 bits per heavy atom. The van der Waals surface area contributed by atoms with Crippen molar-refractivity contribution in [3.05, 3.63) is 24.3 Å². The van der Waals surface area contributed by atoms with E-state index in [1.165, 1.54) is 38.5 Å². The van der Waals surface area contributed by atoms with Crippen LogP contribution in [0.2, 0.25) is 0 Å². The summed E-state index contributed by atoms with van der Waals surface area (Å²) in [4.78, 5) is 12.5. The van der Waals surface area contributed by atoms with Gasteiger partial charge >= 0.3 is 0 Å². The number of amides is 1. The molecule has 0 bridgehead atoms. The normalized spacial score (nSPS) is 25.4. The summed E-state index contributed by atoms with van der Waals surface area (Å²) in [7, 11) is 0. The van der Waals surface area contributed by atoms with Crippen molar-refractivity contribution >= 4 is 5.91 Å². The predicted molar refractivity (Wildman–Crippen MR) is 152 cm³/mol. The topological polar surface area (TPSA) is 149 Å². The van der Waals surface area contributed by atoms with E-state index in [0.29, 0.717) is 6.42 Å². The second-order valence-corrected chi connectivity index (χ2v) is 10.5. The molecule has 0 aromatic rings. The van der Waals surface area contributed by atoms with Crippen LogP contribution in [0.15, 0.2) is 24.3 Å². The maximum Gasteiger partial charge on any atom is 0.220 e. The molecule has 0 aliphatic carbocycles. The van der Waals surface area contributed by atoms with Gasteiger partial charge in [-0.2, -0.15) is 0 Å². The second-order valence-electron chi connectivity index (χ2n) is 10.5. The molecule has 6 N–H and O–H groups in total. The van der Waals surface area contributed by atoms with Crippen molar-refractivity contribution in [1.82, 2.24) is 5.32 Å². The number of allylic oxidation sites excluding steroid dienone is 3. The van der Waals surface area contributed by atoms with Gasteiger partial charge in [-0.05, 0) is 32.1 Å². The summed E-state index contributed by atoms with van der Waals surface area (Å²) in [6.07, 6.45) is 14.3. The molecule has 0 radical (unpaired) electrons. The van der Waals surface area contributed by atoms with E-state index in [9.17, 15) is 30.3 Å². The summed E-state index contributed by atoms with van der Waals surface area (Å²) in [6, 6.07) is -0.810. The smallest absolute Gasteiger partial charge is 0.220 e. The van der Waals surface area contributed by atoms with Crippen molar-refractivity contribution in [2.45, 2.75) is 147 Å². The number of aliphatic hydroxyl groups is 5. The van der Waals surface area contributed by atoms with Crippen LogP contribution in [-0.2, 0) is 14.3 Å². The predicted octanol–water partition coefficient (Wildman–Crippen LogP) is 3.26. The summed E-state index contributed by atoms with van der Waals surface area (Å²) in [5.74, 6) is -0.210. The van der Waals surface area contributed by atoms with Crippen LogP contribution >= 0.6 is 0 Å². The van der Waals surface area contributed by atoms with Gasteiger partial charge in [0.2, 0.25) is 5.91 Å². The van der Waals surface area contributed by atoms with E-state index in [1.807, 2.05) is 6.08 Å². The second kappa shape index (κ2) is 22.4. The third kappa shape index (κ3) is 15.3. The molecule has 1 rings (SSSR count). The van der Waals surface area contributed by atoms with Crippen LogP contribution in [0.4, 0.5) is 0 Å². The highest BCUT2D eigenvalue weighted by Crippen LogP contribution is 2.22. The van der Waals surface area contributed by atoms with E-state index in [1.54, 1.807) is 6.08 Å². The van der Waals surface area contributed by atoms with Crippen molar-refractivity contribution in [3.63, 3.8) is 0 Å². The highest BCUT2D eigenvalue weighted by Gasteiger charge is 2.44. The van der Waals surface area contributed by atoms with Crippen LogP contribution in [0.3, 0.4) is 0 Å². The molecule has 7 atom stereocenters. The molecule has 228 valence electrons. The Kier molecular flexibility index (Phi) is 20.5. The van der Waals surface area contributed by atoms with Crippen LogP contribution in [0.1, 0.15) is 104 Å². The van der Waals surface area contributed by atoms with Crippen LogP contribution < -0.4 is 5.32 Å². The minimum Gasteiger partial charge on any atom is -0.394 e. The molecule has 9 nitrogen and oxygen atoms in total. The van der Waals surface area contributed by atoms with Gasteiger partial charge in [-0.1, -0.05) is 89.5 Å². The molecule has 9 heteroatoms. The zero-order valence-electron chi connectivity index (χ0n) is 24.1. The molecule has 1 aliphatic rings. The van der Waals surface area contributed by atoms with E-state index in [0.717, 1.165) is 44.9 Å². The standard InChI is InChI=1S/C30H55NO8/c1-3-5-7-9-10-11-12-13-14-15-16-17-19-24(33)23(31-26(34)20-18-8-6-4-2)22-38-30-29(37)28(36)27(35)25(21-32)39-30/h13-14,17,19,23-25,27-30,32-33,35-37H,3-12,15-16,18,20-22H2,1-2H3,(H,31,34)/b14-13+,19-17+. The van der Waals surface area contributed by atoms with E-state index < -0.39 is 49.5 Å². The van der Waals surface area contributed by atoms with Crippen molar-refractivity contribution in [2.24, 2.45) is 0 Å². The van der Waals surface area contributed by atoms with Crippen LogP contribution in [0, 0.1) is 0 Å². The number of aliphatic hydroxyl groups excluding tert-OH is 5. The fourth-order valence-electron chi connectivity index (χ4n) is 4.46. The monoisotopic (exact) mass is 557 g/mol. The van der Waals surface area contributed by atoms with Crippen molar-refractivity contribution in [3.8, 4) is 0 Å². The molecule has 1 saturated heterocycles. The molecule has 1 amide bonds. The molecule has 1 heterocycles. The molecule has 0 aromatic heterocycles. The lowest BCUT2D eigenvalue weighted by Gasteiger charge is -2.40. The van der Waals surface area contributed by atoms with Gasteiger partial charge in [-0.3, -0.25) is 4.79 Å². The maximum absolute atomic E-state index is 12.5. The lowest BCUT2D eigenvalue weighted by atomic mass is 9.99. The van der Waals surface area contributed by atoms with E-state index in [-0.39, 0.29) is 12.5 Å². The number of unbranched alkanes of at least 4 members (excludes halogenated alkanes) is 10. The summed E-state index contributed by atoms with van der Waals surface area (Å²) >= 11 is 0. The first-order valence-electron chi connectivity index (χ1n) is 15.1. The zero-order valence-corrected chi connectivity index (χ0v) is 24.1. The van der Waals surface area contributed by atoms with Gasteiger partial charge in [0.05, 0.1) is 25.4 Å². The molecule has 7 unspecified atom stereocenters. The largest absolute Gasteiger partial charge is 0.394 e. The molecular formula is C30H55NO8.